The fourth-order valence-electron chi connectivity index (χ4n) is 2.74. The monoisotopic (exact) mass is 349 g/mol. The van der Waals surface area contributed by atoms with Gasteiger partial charge in [0.15, 0.2) is 0 Å². The van der Waals surface area contributed by atoms with E-state index in [9.17, 15) is 14.7 Å². The zero-order valence-corrected chi connectivity index (χ0v) is 15.2. The Morgan fingerprint density at radius 1 is 1.36 bits per heavy atom. The van der Waals surface area contributed by atoms with Crippen molar-refractivity contribution >= 4 is 11.9 Å². The van der Waals surface area contributed by atoms with Crippen molar-refractivity contribution < 1.29 is 24.2 Å². The highest BCUT2D eigenvalue weighted by Gasteiger charge is 2.44. The number of ether oxygens (including phenoxy) is 2. The van der Waals surface area contributed by atoms with Crippen LogP contribution in [-0.2, 0) is 14.3 Å². The molecule has 1 saturated carbocycles. The number of methoxy groups -OCH3 is 1. The number of amides is 1. The third-order valence-electron chi connectivity index (χ3n) is 4.21. The van der Waals surface area contributed by atoms with Crippen LogP contribution >= 0.6 is 0 Å². The summed E-state index contributed by atoms with van der Waals surface area (Å²) in [5, 5.41) is 12.0. The first-order valence-corrected chi connectivity index (χ1v) is 8.52. The van der Waals surface area contributed by atoms with Crippen LogP contribution in [0.15, 0.2) is 24.3 Å². The van der Waals surface area contributed by atoms with Crippen LogP contribution in [0.25, 0.3) is 0 Å². The number of carboxylic acids is 1. The lowest BCUT2D eigenvalue weighted by molar-refractivity contribution is -0.143. The lowest BCUT2D eigenvalue weighted by Gasteiger charge is -2.21. The van der Waals surface area contributed by atoms with Gasteiger partial charge in [-0.25, -0.2) is 4.79 Å². The highest BCUT2D eigenvalue weighted by atomic mass is 16.5. The van der Waals surface area contributed by atoms with Gasteiger partial charge in [0, 0.05) is 18.9 Å². The predicted octanol–water partition coefficient (Wildman–Crippen LogP) is 2.57. The van der Waals surface area contributed by atoms with Gasteiger partial charge in [0.2, 0.25) is 5.91 Å². The largest absolute Gasteiger partial charge is 0.497 e. The summed E-state index contributed by atoms with van der Waals surface area (Å²) >= 11 is 0. The maximum absolute atomic E-state index is 12.4. The minimum atomic E-state index is -1.04. The second-order valence-electron chi connectivity index (χ2n) is 7.37. The third-order valence-corrected chi connectivity index (χ3v) is 4.21. The van der Waals surface area contributed by atoms with Crippen LogP contribution in [0.2, 0.25) is 0 Å². The van der Waals surface area contributed by atoms with E-state index >= 15 is 0 Å². The number of benzene rings is 1. The summed E-state index contributed by atoms with van der Waals surface area (Å²) in [6, 6.07) is 6.71. The molecule has 0 saturated heterocycles. The Balaban J connectivity index is 1.88. The highest BCUT2D eigenvalue weighted by molar-refractivity contribution is 5.87. The molecule has 0 radical (unpaired) electrons. The number of hydrogen-bond acceptors (Lipinski definition) is 4. The summed E-state index contributed by atoms with van der Waals surface area (Å²) in [4.78, 5) is 23.8. The van der Waals surface area contributed by atoms with Crippen molar-refractivity contribution in [2.24, 2.45) is 5.92 Å². The zero-order chi connectivity index (χ0) is 18.6. The molecule has 1 aliphatic carbocycles. The van der Waals surface area contributed by atoms with Gasteiger partial charge in [0.05, 0.1) is 12.7 Å². The summed E-state index contributed by atoms with van der Waals surface area (Å²) in [6.45, 7) is 6.00. The number of hydrogen-bond donors (Lipinski definition) is 2. The quantitative estimate of drug-likeness (QED) is 0.753. The maximum atomic E-state index is 12.4. The molecule has 1 aromatic carbocycles. The van der Waals surface area contributed by atoms with E-state index in [4.69, 9.17) is 9.47 Å². The topological polar surface area (TPSA) is 84.9 Å². The number of rotatable bonds is 8. The van der Waals surface area contributed by atoms with Crippen LogP contribution in [-0.4, -0.2) is 42.3 Å². The van der Waals surface area contributed by atoms with Crippen molar-refractivity contribution in [1.29, 1.82) is 0 Å². The standard InChI is InChI=1S/C19H27NO5/c1-19(2,3)25-9-8-16(18(22)23)20-17(21)15-11-14(15)12-6-5-7-13(10-12)24-4/h5-7,10,14-16H,8-9,11H2,1-4H3,(H,20,21)(H,22,23). The maximum Gasteiger partial charge on any atom is 0.326 e. The van der Waals surface area contributed by atoms with Crippen LogP contribution in [0.5, 0.6) is 5.75 Å². The molecule has 0 aromatic heterocycles. The lowest BCUT2D eigenvalue weighted by Crippen LogP contribution is -2.42. The fraction of sp³-hybridized carbons (Fsp3) is 0.579. The molecule has 0 heterocycles. The van der Waals surface area contributed by atoms with Gasteiger partial charge >= 0.3 is 5.97 Å². The average molecular weight is 349 g/mol. The molecule has 6 heteroatoms. The van der Waals surface area contributed by atoms with Crippen molar-refractivity contribution in [2.45, 2.75) is 51.2 Å². The molecule has 3 unspecified atom stereocenters. The number of aliphatic carboxylic acids is 1. The third kappa shape index (κ3) is 5.74. The Morgan fingerprint density at radius 3 is 2.68 bits per heavy atom. The number of carboxylic acid groups (broad SMARTS) is 1. The molecule has 2 rings (SSSR count). The fourth-order valence-corrected chi connectivity index (χ4v) is 2.74. The summed E-state index contributed by atoms with van der Waals surface area (Å²) < 4.78 is 10.8. The van der Waals surface area contributed by atoms with Crippen molar-refractivity contribution in [2.75, 3.05) is 13.7 Å². The number of carbonyl (C=O) groups is 2. The predicted molar refractivity (Wildman–Crippen MR) is 93.7 cm³/mol. The zero-order valence-electron chi connectivity index (χ0n) is 15.2. The second-order valence-corrected chi connectivity index (χ2v) is 7.37. The molecule has 3 atom stereocenters. The van der Waals surface area contributed by atoms with Crippen molar-refractivity contribution in [3.8, 4) is 5.75 Å². The Kier molecular flexibility index (Phi) is 6.06. The van der Waals surface area contributed by atoms with E-state index in [0.717, 1.165) is 17.7 Å². The molecule has 0 spiro atoms. The second kappa shape index (κ2) is 7.87. The molecule has 1 aromatic rings. The Labute approximate surface area is 148 Å². The van der Waals surface area contributed by atoms with Crippen molar-refractivity contribution in [1.82, 2.24) is 5.32 Å². The molecule has 6 nitrogen and oxygen atoms in total. The van der Waals surface area contributed by atoms with Gasteiger partial charge in [-0.3, -0.25) is 4.79 Å². The van der Waals surface area contributed by atoms with Crippen LogP contribution < -0.4 is 10.1 Å². The van der Waals surface area contributed by atoms with Crippen LogP contribution in [0.4, 0.5) is 0 Å². The van der Waals surface area contributed by atoms with Gasteiger partial charge in [0.25, 0.3) is 0 Å². The van der Waals surface area contributed by atoms with E-state index in [1.807, 2.05) is 45.0 Å². The molecule has 1 amide bonds. The van der Waals surface area contributed by atoms with Crippen molar-refractivity contribution in [3.63, 3.8) is 0 Å². The normalized spacial score (nSPS) is 20.6. The minimum absolute atomic E-state index is 0.121. The van der Waals surface area contributed by atoms with Crippen LogP contribution in [0.3, 0.4) is 0 Å². The molecule has 2 N–H and O–H groups in total. The number of carbonyl (C=O) groups excluding carboxylic acids is 1. The van der Waals surface area contributed by atoms with E-state index in [-0.39, 0.29) is 36.4 Å². The molecule has 0 aliphatic heterocycles. The number of nitrogens with one attached hydrogen (secondary N) is 1. The molecule has 138 valence electrons. The Bertz CT molecular complexity index is 622. The van der Waals surface area contributed by atoms with Crippen molar-refractivity contribution in [3.05, 3.63) is 29.8 Å². The average Bonchev–Trinajstić information content (AvgIpc) is 3.33. The first-order valence-electron chi connectivity index (χ1n) is 8.52. The van der Waals surface area contributed by atoms with E-state index in [2.05, 4.69) is 5.32 Å². The SMILES string of the molecule is COc1cccc(C2CC2C(=O)NC(CCOC(C)(C)C)C(=O)O)c1. The van der Waals surface area contributed by atoms with Gasteiger partial charge in [0.1, 0.15) is 11.8 Å². The van der Waals surface area contributed by atoms with Gasteiger partial charge in [-0.1, -0.05) is 12.1 Å². The Morgan fingerprint density at radius 2 is 2.08 bits per heavy atom. The summed E-state index contributed by atoms with van der Waals surface area (Å²) in [5.74, 6) is -0.556. The van der Waals surface area contributed by atoms with Gasteiger partial charge < -0.3 is 19.9 Å². The smallest absolute Gasteiger partial charge is 0.326 e. The van der Waals surface area contributed by atoms with Gasteiger partial charge in [-0.2, -0.15) is 0 Å². The highest BCUT2D eigenvalue weighted by Crippen LogP contribution is 2.48. The lowest BCUT2D eigenvalue weighted by atomic mass is 10.1. The molecule has 1 aliphatic rings. The van der Waals surface area contributed by atoms with Gasteiger partial charge in [-0.15, -0.1) is 0 Å². The van der Waals surface area contributed by atoms with Crippen LogP contribution in [0.1, 0.15) is 45.1 Å². The first-order chi connectivity index (χ1) is 11.7. The molecule has 1 fully saturated rings. The van der Waals surface area contributed by atoms with E-state index in [1.165, 1.54) is 0 Å². The van der Waals surface area contributed by atoms with Crippen LogP contribution in [0, 0.1) is 5.92 Å². The molecular weight excluding hydrogens is 322 g/mol. The first kappa shape index (κ1) is 19.2. The molecule has 25 heavy (non-hydrogen) atoms. The van der Waals surface area contributed by atoms with E-state index < -0.39 is 12.0 Å². The van der Waals surface area contributed by atoms with E-state index in [0.29, 0.717) is 0 Å². The van der Waals surface area contributed by atoms with E-state index in [1.54, 1.807) is 7.11 Å². The molecular formula is C19H27NO5. The molecule has 0 bridgehead atoms. The minimum Gasteiger partial charge on any atom is -0.497 e. The van der Waals surface area contributed by atoms with Gasteiger partial charge in [-0.05, 0) is 50.8 Å². The summed E-state index contributed by atoms with van der Waals surface area (Å²) in [5.41, 5.74) is 0.712. The Hall–Kier alpha value is -2.08. The summed E-state index contributed by atoms with van der Waals surface area (Å²) in [7, 11) is 1.60. The summed E-state index contributed by atoms with van der Waals surface area (Å²) in [6.07, 6.45) is 0.971.